The van der Waals surface area contributed by atoms with E-state index in [1.165, 1.54) is 0 Å². The SMILES string of the molecule is CCC(Oc1ccccc1Cl)C(=O)NC1CC(C)(C)Oc2ccccc21. The maximum absolute atomic E-state index is 12.9. The number of ether oxygens (including phenoxy) is 2. The standard InChI is InChI=1S/C21H24ClNO3/c1-4-17(25-19-12-8-6-10-15(19)22)20(24)23-16-13-21(2,3)26-18-11-7-5-9-14(16)18/h5-12,16-17H,4,13H2,1-3H3,(H,23,24). The molecule has 0 spiro atoms. The number of amides is 1. The van der Waals surface area contributed by atoms with E-state index in [0.29, 0.717) is 23.6 Å². The average molecular weight is 374 g/mol. The zero-order valence-corrected chi connectivity index (χ0v) is 16.0. The van der Waals surface area contributed by atoms with Gasteiger partial charge < -0.3 is 14.8 Å². The van der Waals surface area contributed by atoms with Crippen molar-refractivity contribution >= 4 is 17.5 Å². The number of hydrogen-bond donors (Lipinski definition) is 1. The van der Waals surface area contributed by atoms with Crippen LogP contribution in [0.15, 0.2) is 48.5 Å². The first-order valence-electron chi connectivity index (χ1n) is 8.89. The van der Waals surface area contributed by atoms with Gasteiger partial charge in [0.15, 0.2) is 6.10 Å². The molecule has 1 aliphatic rings. The van der Waals surface area contributed by atoms with Crippen molar-refractivity contribution in [3.05, 3.63) is 59.1 Å². The minimum Gasteiger partial charge on any atom is -0.487 e. The van der Waals surface area contributed by atoms with Crippen molar-refractivity contribution in [1.82, 2.24) is 5.32 Å². The van der Waals surface area contributed by atoms with Crippen LogP contribution in [0.1, 0.15) is 45.2 Å². The summed E-state index contributed by atoms with van der Waals surface area (Å²) in [6.45, 7) is 5.97. The van der Waals surface area contributed by atoms with Gasteiger partial charge >= 0.3 is 0 Å². The van der Waals surface area contributed by atoms with Crippen LogP contribution in [0.25, 0.3) is 0 Å². The maximum atomic E-state index is 12.9. The van der Waals surface area contributed by atoms with Gasteiger partial charge in [-0.3, -0.25) is 4.79 Å². The quantitative estimate of drug-likeness (QED) is 0.809. The van der Waals surface area contributed by atoms with Gasteiger partial charge in [-0.25, -0.2) is 0 Å². The van der Waals surface area contributed by atoms with E-state index < -0.39 is 6.10 Å². The number of hydrogen-bond acceptors (Lipinski definition) is 3. The highest BCUT2D eigenvalue weighted by molar-refractivity contribution is 6.32. The van der Waals surface area contributed by atoms with Crippen LogP contribution >= 0.6 is 11.6 Å². The zero-order valence-electron chi connectivity index (χ0n) is 15.3. The number of rotatable bonds is 5. The van der Waals surface area contributed by atoms with Crippen molar-refractivity contribution in [1.29, 1.82) is 0 Å². The molecule has 2 unspecified atom stereocenters. The number of para-hydroxylation sites is 2. The molecular formula is C21H24ClNO3. The van der Waals surface area contributed by atoms with E-state index in [1.54, 1.807) is 12.1 Å². The van der Waals surface area contributed by atoms with Gasteiger partial charge in [0.2, 0.25) is 0 Å². The summed E-state index contributed by atoms with van der Waals surface area (Å²) < 4.78 is 11.9. The van der Waals surface area contributed by atoms with Gasteiger partial charge in [0.05, 0.1) is 11.1 Å². The lowest BCUT2D eigenvalue weighted by Crippen LogP contribution is -2.45. The monoisotopic (exact) mass is 373 g/mol. The zero-order chi connectivity index (χ0) is 18.7. The predicted molar refractivity (Wildman–Crippen MR) is 103 cm³/mol. The largest absolute Gasteiger partial charge is 0.487 e. The highest BCUT2D eigenvalue weighted by atomic mass is 35.5. The molecule has 26 heavy (non-hydrogen) atoms. The molecule has 0 saturated carbocycles. The Morgan fingerprint density at radius 3 is 2.69 bits per heavy atom. The van der Waals surface area contributed by atoms with Crippen LogP contribution in [-0.4, -0.2) is 17.6 Å². The van der Waals surface area contributed by atoms with E-state index in [2.05, 4.69) is 5.32 Å². The van der Waals surface area contributed by atoms with Gasteiger partial charge in [-0.05, 0) is 38.5 Å². The molecule has 1 amide bonds. The summed E-state index contributed by atoms with van der Waals surface area (Å²) in [5.74, 6) is 1.18. The van der Waals surface area contributed by atoms with Gasteiger partial charge in [-0.2, -0.15) is 0 Å². The lowest BCUT2D eigenvalue weighted by molar-refractivity contribution is -0.129. The first-order valence-corrected chi connectivity index (χ1v) is 9.27. The maximum Gasteiger partial charge on any atom is 0.261 e. The third-order valence-corrected chi connectivity index (χ3v) is 4.77. The minimum absolute atomic E-state index is 0.119. The molecule has 138 valence electrons. The Kier molecular flexibility index (Phi) is 5.42. The number of carbonyl (C=O) groups excluding carboxylic acids is 1. The molecule has 2 aromatic carbocycles. The van der Waals surface area contributed by atoms with E-state index in [4.69, 9.17) is 21.1 Å². The van der Waals surface area contributed by atoms with Gasteiger partial charge in [0, 0.05) is 12.0 Å². The topological polar surface area (TPSA) is 47.6 Å². The molecule has 1 N–H and O–H groups in total. The second-order valence-electron chi connectivity index (χ2n) is 7.11. The molecule has 3 rings (SSSR count). The van der Waals surface area contributed by atoms with E-state index >= 15 is 0 Å². The van der Waals surface area contributed by atoms with Crippen molar-refractivity contribution in [2.45, 2.75) is 51.4 Å². The van der Waals surface area contributed by atoms with Crippen LogP contribution in [0.3, 0.4) is 0 Å². The fourth-order valence-electron chi connectivity index (χ4n) is 3.21. The Morgan fingerprint density at radius 2 is 1.96 bits per heavy atom. The molecule has 0 aliphatic carbocycles. The first-order chi connectivity index (χ1) is 12.4. The second kappa shape index (κ2) is 7.58. The molecule has 0 radical (unpaired) electrons. The number of nitrogens with one attached hydrogen (secondary N) is 1. The molecule has 4 nitrogen and oxygen atoms in total. The van der Waals surface area contributed by atoms with E-state index in [1.807, 2.05) is 57.2 Å². The fraction of sp³-hybridized carbons (Fsp3) is 0.381. The van der Waals surface area contributed by atoms with Crippen molar-refractivity contribution in [3.8, 4) is 11.5 Å². The highest BCUT2D eigenvalue weighted by Gasteiger charge is 2.35. The molecule has 0 fully saturated rings. The molecule has 5 heteroatoms. The summed E-state index contributed by atoms with van der Waals surface area (Å²) in [6.07, 6.45) is 0.636. The van der Waals surface area contributed by atoms with Crippen LogP contribution in [0.5, 0.6) is 11.5 Å². The van der Waals surface area contributed by atoms with E-state index in [0.717, 1.165) is 11.3 Å². The van der Waals surface area contributed by atoms with Crippen LogP contribution in [0.2, 0.25) is 5.02 Å². The highest BCUT2D eigenvalue weighted by Crippen LogP contribution is 2.39. The average Bonchev–Trinajstić information content (AvgIpc) is 2.60. The Morgan fingerprint density at radius 1 is 1.27 bits per heavy atom. The number of fused-ring (bicyclic) bond motifs is 1. The van der Waals surface area contributed by atoms with Gasteiger partial charge in [-0.15, -0.1) is 0 Å². The Bertz CT molecular complexity index is 790. The number of halogens is 1. The molecule has 1 heterocycles. The lowest BCUT2D eigenvalue weighted by atomic mass is 9.89. The van der Waals surface area contributed by atoms with Gasteiger partial charge in [-0.1, -0.05) is 48.9 Å². The number of benzene rings is 2. The van der Waals surface area contributed by atoms with Crippen LogP contribution in [0.4, 0.5) is 0 Å². The second-order valence-corrected chi connectivity index (χ2v) is 7.52. The summed E-state index contributed by atoms with van der Waals surface area (Å²) in [5.41, 5.74) is 0.644. The van der Waals surface area contributed by atoms with Crippen LogP contribution < -0.4 is 14.8 Å². The Hall–Kier alpha value is -2.20. The molecule has 2 atom stereocenters. The van der Waals surface area contributed by atoms with Crippen molar-refractivity contribution < 1.29 is 14.3 Å². The first kappa shape index (κ1) is 18.6. The van der Waals surface area contributed by atoms with E-state index in [9.17, 15) is 4.79 Å². The number of carbonyl (C=O) groups is 1. The predicted octanol–water partition coefficient (Wildman–Crippen LogP) is 4.92. The third kappa shape index (κ3) is 4.13. The molecule has 0 bridgehead atoms. The fourth-order valence-corrected chi connectivity index (χ4v) is 3.39. The molecule has 1 aliphatic heterocycles. The third-order valence-electron chi connectivity index (χ3n) is 4.46. The lowest BCUT2D eigenvalue weighted by Gasteiger charge is -2.38. The van der Waals surface area contributed by atoms with Crippen molar-refractivity contribution in [2.75, 3.05) is 0 Å². The van der Waals surface area contributed by atoms with E-state index in [-0.39, 0.29) is 17.6 Å². The summed E-state index contributed by atoms with van der Waals surface area (Å²) in [7, 11) is 0. The normalized spacial score (nSPS) is 19.0. The molecule has 2 aromatic rings. The summed E-state index contributed by atoms with van der Waals surface area (Å²) in [5, 5.41) is 3.63. The summed E-state index contributed by atoms with van der Waals surface area (Å²) >= 11 is 6.15. The minimum atomic E-state index is -0.604. The Labute approximate surface area is 159 Å². The van der Waals surface area contributed by atoms with Crippen molar-refractivity contribution in [2.24, 2.45) is 0 Å². The Balaban J connectivity index is 1.77. The van der Waals surface area contributed by atoms with Crippen molar-refractivity contribution in [3.63, 3.8) is 0 Å². The van der Waals surface area contributed by atoms with Crippen LogP contribution in [0, 0.1) is 0 Å². The van der Waals surface area contributed by atoms with Gasteiger partial charge in [0.1, 0.15) is 17.1 Å². The van der Waals surface area contributed by atoms with Crippen LogP contribution in [-0.2, 0) is 4.79 Å². The molecular weight excluding hydrogens is 350 g/mol. The molecule has 0 saturated heterocycles. The molecule has 0 aromatic heterocycles. The summed E-state index contributed by atoms with van der Waals surface area (Å²) in [6, 6.07) is 14.9. The van der Waals surface area contributed by atoms with Gasteiger partial charge in [0.25, 0.3) is 5.91 Å². The summed E-state index contributed by atoms with van der Waals surface area (Å²) in [4.78, 5) is 12.9. The smallest absolute Gasteiger partial charge is 0.261 e.